The average molecular weight is 218 g/mol. The van der Waals surface area contributed by atoms with Crippen LogP contribution in [0, 0.1) is 0 Å². The molecule has 3 heteroatoms. The van der Waals surface area contributed by atoms with Gasteiger partial charge in [0.1, 0.15) is 0 Å². The van der Waals surface area contributed by atoms with Crippen molar-refractivity contribution >= 4 is 11.4 Å². The average Bonchev–Trinajstić information content (AvgIpc) is 3.15. The molecule has 16 heavy (non-hydrogen) atoms. The van der Waals surface area contributed by atoms with Crippen LogP contribution in [0.2, 0.25) is 0 Å². The van der Waals surface area contributed by atoms with Gasteiger partial charge in [-0.3, -0.25) is 0 Å². The van der Waals surface area contributed by atoms with Crippen LogP contribution in [0.25, 0.3) is 0 Å². The van der Waals surface area contributed by atoms with E-state index in [-0.39, 0.29) is 0 Å². The highest BCUT2D eigenvalue weighted by atomic mass is 16.5. The number of rotatable bonds is 3. The Balaban J connectivity index is 1.65. The molecule has 1 aliphatic carbocycles. The summed E-state index contributed by atoms with van der Waals surface area (Å²) in [5, 5.41) is 3.50. The smallest absolute Gasteiger partial charge is 0.0642 e. The molecule has 0 unspecified atom stereocenters. The number of benzene rings is 1. The van der Waals surface area contributed by atoms with Gasteiger partial charge in [-0.15, -0.1) is 0 Å². The molecular weight excluding hydrogens is 200 g/mol. The van der Waals surface area contributed by atoms with Crippen molar-refractivity contribution in [2.45, 2.75) is 18.9 Å². The molecule has 1 saturated heterocycles. The Morgan fingerprint density at radius 2 is 1.75 bits per heavy atom. The minimum absolute atomic E-state index is 0.731. The molecule has 2 aliphatic rings. The van der Waals surface area contributed by atoms with Crippen LogP contribution >= 0.6 is 0 Å². The van der Waals surface area contributed by atoms with Gasteiger partial charge in [0.05, 0.1) is 13.2 Å². The van der Waals surface area contributed by atoms with Gasteiger partial charge < -0.3 is 15.0 Å². The fourth-order valence-electron chi connectivity index (χ4n) is 2.05. The minimum atomic E-state index is 0.731. The van der Waals surface area contributed by atoms with Crippen molar-refractivity contribution in [2.24, 2.45) is 0 Å². The van der Waals surface area contributed by atoms with Crippen molar-refractivity contribution in [3.8, 4) is 0 Å². The predicted octanol–water partition coefficient (Wildman–Crippen LogP) is 2.10. The maximum atomic E-state index is 5.35. The molecule has 2 fully saturated rings. The van der Waals surface area contributed by atoms with Crippen LogP contribution in [0.5, 0.6) is 0 Å². The minimum Gasteiger partial charge on any atom is -0.382 e. The van der Waals surface area contributed by atoms with Crippen molar-refractivity contribution in [1.82, 2.24) is 0 Å². The van der Waals surface area contributed by atoms with Gasteiger partial charge in [0.15, 0.2) is 0 Å². The monoisotopic (exact) mass is 218 g/mol. The standard InChI is InChI=1S/C13H18N2O/c1-2-11(1)14-12-3-5-13(6-4-12)15-7-9-16-10-8-15/h3-6,11,14H,1-2,7-10H2. The first-order valence-electron chi connectivity index (χ1n) is 6.11. The lowest BCUT2D eigenvalue weighted by Crippen LogP contribution is -2.36. The molecule has 1 aromatic carbocycles. The van der Waals surface area contributed by atoms with E-state index in [9.17, 15) is 0 Å². The Morgan fingerprint density at radius 1 is 1.06 bits per heavy atom. The lowest BCUT2D eigenvalue weighted by Gasteiger charge is -2.28. The highest BCUT2D eigenvalue weighted by Crippen LogP contribution is 2.26. The molecule has 0 amide bonds. The third-order valence-corrected chi connectivity index (χ3v) is 3.19. The third kappa shape index (κ3) is 2.30. The molecule has 3 nitrogen and oxygen atoms in total. The van der Waals surface area contributed by atoms with E-state index in [1.54, 1.807) is 0 Å². The number of ether oxygens (including phenoxy) is 1. The van der Waals surface area contributed by atoms with E-state index >= 15 is 0 Å². The molecule has 0 atom stereocenters. The van der Waals surface area contributed by atoms with Crippen molar-refractivity contribution in [3.63, 3.8) is 0 Å². The quantitative estimate of drug-likeness (QED) is 0.841. The fraction of sp³-hybridized carbons (Fsp3) is 0.538. The number of morpholine rings is 1. The molecule has 0 radical (unpaired) electrons. The number of nitrogens with one attached hydrogen (secondary N) is 1. The van der Waals surface area contributed by atoms with Crippen molar-refractivity contribution in [2.75, 3.05) is 36.5 Å². The molecule has 1 aromatic rings. The van der Waals surface area contributed by atoms with Crippen molar-refractivity contribution in [1.29, 1.82) is 0 Å². The molecule has 1 N–H and O–H groups in total. The normalized spacial score (nSPS) is 20.9. The predicted molar refractivity (Wildman–Crippen MR) is 66.1 cm³/mol. The summed E-state index contributed by atoms with van der Waals surface area (Å²) in [6.07, 6.45) is 2.65. The Morgan fingerprint density at radius 3 is 2.38 bits per heavy atom. The summed E-state index contributed by atoms with van der Waals surface area (Å²) in [4.78, 5) is 2.38. The van der Waals surface area contributed by atoms with Crippen LogP contribution < -0.4 is 10.2 Å². The van der Waals surface area contributed by atoms with Crippen molar-refractivity contribution < 1.29 is 4.74 Å². The lowest BCUT2D eigenvalue weighted by atomic mass is 10.2. The van der Waals surface area contributed by atoms with Gasteiger partial charge >= 0.3 is 0 Å². The maximum Gasteiger partial charge on any atom is 0.0642 e. The second-order valence-electron chi connectivity index (χ2n) is 4.56. The van der Waals surface area contributed by atoms with Gasteiger partial charge in [-0.05, 0) is 37.1 Å². The van der Waals surface area contributed by atoms with Gasteiger partial charge in [0, 0.05) is 30.5 Å². The summed E-state index contributed by atoms with van der Waals surface area (Å²) in [5.41, 5.74) is 2.56. The first kappa shape index (κ1) is 9.97. The molecule has 3 rings (SSSR count). The Hall–Kier alpha value is -1.22. The molecule has 0 aromatic heterocycles. The molecule has 0 spiro atoms. The summed E-state index contributed by atoms with van der Waals surface area (Å²) in [5.74, 6) is 0. The molecule has 0 bridgehead atoms. The summed E-state index contributed by atoms with van der Waals surface area (Å²) >= 11 is 0. The molecule has 1 heterocycles. The van der Waals surface area contributed by atoms with E-state index < -0.39 is 0 Å². The van der Waals surface area contributed by atoms with Crippen LogP contribution in [-0.4, -0.2) is 32.3 Å². The van der Waals surface area contributed by atoms with E-state index in [4.69, 9.17) is 4.74 Å². The first-order chi connectivity index (χ1) is 7.92. The van der Waals surface area contributed by atoms with Crippen LogP contribution in [0.15, 0.2) is 24.3 Å². The zero-order valence-electron chi connectivity index (χ0n) is 9.48. The highest BCUT2D eigenvalue weighted by Gasteiger charge is 2.20. The van der Waals surface area contributed by atoms with E-state index in [1.807, 2.05) is 0 Å². The van der Waals surface area contributed by atoms with E-state index in [2.05, 4.69) is 34.5 Å². The van der Waals surface area contributed by atoms with Gasteiger partial charge in [-0.1, -0.05) is 0 Å². The molecular formula is C13H18N2O. The Labute approximate surface area is 96.4 Å². The van der Waals surface area contributed by atoms with E-state index in [1.165, 1.54) is 24.2 Å². The number of nitrogens with zero attached hydrogens (tertiary/aromatic N) is 1. The van der Waals surface area contributed by atoms with Gasteiger partial charge in [-0.25, -0.2) is 0 Å². The van der Waals surface area contributed by atoms with E-state index in [0.29, 0.717) is 0 Å². The maximum absolute atomic E-state index is 5.35. The first-order valence-corrected chi connectivity index (χ1v) is 6.11. The van der Waals surface area contributed by atoms with Crippen LogP contribution in [0.3, 0.4) is 0 Å². The van der Waals surface area contributed by atoms with Crippen molar-refractivity contribution in [3.05, 3.63) is 24.3 Å². The molecule has 1 saturated carbocycles. The molecule has 1 aliphatic heterocycles. The summed E-state index contributed by atoms with van der Waals surface area (Å²) < 4.78 is 5.35. The Kier molecular flexibility index (Phi) is 2.70. The number of hydrogen-bond acceptors (Lipinski definition) is 3. The number of anilines is 2. The van der Waals surface area contributed by atoms with Crippen LogP contribution in [-0.2, 0) is 4.74 Å². The fourth-order valence-corrected chi connectivity index (χ4v) is 2.05. The second-order valence-corrected chi connectivity index (χ2v) is 4.56. The largest absolute Gasteiger partial charge is 0.382 e. The SMILES string of the molecule is c1cc(N2CCOCC2)ccc1NC1CC1. The summed E-state index contributed by atoms with van der Waals surface area (Å²) in [6, 6.07) is 9.51. The van der Waals surface area contributed by atoms with Gasteiger partial charge in [0.2, 0.25) is 0 Å². The van der Waals surface area contributed by atoms with Gasteiger partial charge in [0.25, 0.3) is 0 Å². The highest BCUT2D eigenvalue weighted by molar-refractivity contribution is 5.56. The lowest BCUT2D eigenvalue weighted by molar-refractivity contribution is 0.122. The zero-order valence-corrected chi connectivity index (χ0v) is 9.48. The third-order valence-electron chi connectivity index (χ3n) is 3.19. The van der Waals surface area contributed by atoms with Crippen LogP contribution in [0.1, 0.15) is 12.8 Å². The summed E-state index contributed by atoms with van der Waals surface area (Å²) in [6.45, 7) is 3.72. The van der Waals surface area contributed by atoms with Gasteiger partial charge in [-0.2, -0.15) is 0 Å². The zero-order chi connectivity index (χ0) is 10.8. The Bertz CT molecular complexity index is 339. The second kappa shape index (κ2) is 4.34. The topological polar surface area (TPSA) is 24.5 Å². The summed E-state index contributed by atoms with van der Waals surface area (Å²) in [7, 11) is 0. The van der Waals surface area contributed by atoms with Crippen LogP contribution in [0.4, 0.5) is 11.4 Å². The van der Waals surface area contributed by atoms with E-state index in [0.717, 1.165) is 32.3 Å². The number of hydrogen-bond donors (Lipinski definition) is 1. The molecule has 86 valence electrons.